The third kappa shape index (κ3) is 5.11. The average molecular weight is 473 g/mol. The standard InChI is InChI=1S/C27H21F6N/c1-2-3-16-4-6-17(7-5-16)18-8-9-24(34-15-18)19-12-20-14-22(28)21(10-11-27(31,32)33)26(30)25(20)23(29)13-19/h2,8-9,12-17H,1,3-7H2. The van der Waals surface area contributed by atoms with E-state index < -0.39 is 34.6 Å². The summed E-state index contributed by atoms with van der Waals surface area (Å²) in [4.78, 5) is 4.43. The summed E-state index contributed by atoms with van der Waals surface area (Å²) in [5, 5.41) is -0.751. The molecule has 0 aliphatic heterocycles. The predicted octanol–water partition coefficient (Wildman–Crippen LogP) is 8.08. The molecule has 0 amide bonds. The van der Waals surface area contributed by atoms with Gasteiger partial charge >= 0.3 is 6.18 Å². The monoisotopic (exact) mass is 473 g/mol. The number of nitrogens with zero attached hydrogens (tertiary/aromatic N) is 1. The van der Waals surface area contributed by atoms with Gasteiger partial charge in [0.15, 0.2) is 5.82 Å². The summed E-state index contributed by atoms with van der Waals surface area (Å²) >= 11 is 0. The van der Waals surface area contributed by atoms with Crippen molar-refractivity contribution in [1.82, 2.24) is 4.98 Å². The van der Waals surface area contributed by atoms with Crippen LogP contribution in [0.15, 0.2) is 49.2 Å². The van der Waals surface area contributed by atoms with E-state index in [1.807, 2.05) is 12.1 Å². The predicted molar refractivity (Wildman–Crippen MR) is 119 cm³/mol. The molecular weight excluding hydrogens is 452 g/mol. The highest BCUT2D eigenvalue weighted by atomic mass is 19.4. The molecule has 0 atom stereocenters. The van der Waals surface area contributed by atoms with Gasteiger partial charge in [0, 0.05) is 17.7 Å². The number of rotatable bonds is 4. The van der Waals surface area contributed by atoms with Crippen LogP contribution in [0.2, 0.25) is 0 Å². The van der Waals surface area contributed by atoms with Gasteiger partial charge in [-0.3, -0.25) is 4.98 Å². The molecule has 0 N–H and O–H groups in total. The molecule has 34 heavy (non-hydrogen) atoms. The lowest BCUT2D eigenvalue weighted by molar-refractivity contribution is -0.0696. The Morgan fingerprint density at radius 2 is 1.74 bits per heavy atom. The second-order valence-electron chi connectivity index (χ2n) is 8.57. The molecule has 176 valence electrons. The van der Waals surface area contributed by atoms with Crippen LogP contribution in [0.5, 0.6) is 0 Å². The van der Waals surface area contributed by atoms with E-state index >= 15 is 0 Å². The van der Waals surface area contributed by atoms with Gasteiger partial charge in [0.1, 0.15) is 11.6 Å². The van der Waals surface area contributed by atoms with E-state index in [9.17, 15) is 26.3 Å². The molecule has 0 spiro atoms. The molecular formula is C27H21F6N. The Labute approximate surface area is 193 Å². The van der Waals surface area contributed by atoms with Crippen LogP contribution in [0, 0.1) is 35.2 Å². The summed E-state index contributed by atoms with van der Waals surface area (Å²) in [6, 6.07) is 6.84. The largest absolute Gasteiger partial charge is 0.458 e. The molecule has 2 aromatic carbocycles. The SMILES string of the molecule is C=CCC1CCC(c2ccc(-c3cc(F)c4c(F)c(C#CC(F)(F)F)c(F)cc4c3)nc2)CC1. The number of benzene rings is 2. The summed E-state index contributed by atoms with van der Waals surface area (Å²) in [6.45, 7) is 3.80. The zero-order chi connectivity index (χ0) is 24.5. The minimum atomic E-state index is -4.93. The van der Waals surface area contributed by atoms with Crippen molar-refractivity contribution >= 4 is 10.8 Å². The first-order valence-corrected chi connectivity index (χ1v) is 10.9. The maximum absolute atomic E-state index is 14.8. The molecule has 1 saturated carbocycles. The number of alkyl halides is 3. The second kappa shape index (κ2) is 9.54. The highest BCUT2D eigenvalue weighted by Gasteiger charge is 2.25. The molecule has 0 radical (unpaired) electrons. The van der Waals surface area contributed by atoms with Crippen molar-refractivity contribution in [2.75, 3.05) is 0 Å². The van der Waals surface area contributed by atoms with Crippen LogP contribution in [0.3, 0.4) is 0 Å². The normalized spacial score (nSPS) is 18.4. The van der Waals surface area contributed by atoms with Crippen LogP contribution in [0.4, 0.5) is 26.3 Å². The van der Waals surface area contributed by atoms with E-state index in [1.165, 1.54) is 12.0 Å². The summed E-state index contributed by atoms with van der Waals surface area (Å²) < 4.78 is 80.7. The summed E-state index contributed by atoms with van der Waals surface area (Å²) in [5.41, 5.74) is 0.694. The third-order valence-electron chi connectivity index (χ3n) is 6.31. The Morgan fingerprint density at radius 3 is 2.35 bits per heavy atom. The van der Waals surface area contributed by atoms with E-state index in [4.69, 9.17) is 0 Å². The molecule has 1 aromatic heterocycles. The lowest BCUT2D eigenvalue weighted by atomic mass is 9.78. The Hall–Kier alpha value is -3.27. The molecule has 1 heterocycles. The lowest BCUT2D eigenvalue weighted by Gasteiger charge is -2.28. The number of fused-ring (bicyclic) bond motifs is 1. The average Bonchev–Trinajstić information content (AvgIpc) is 2.78. The van der Waals surface area contributed by atoms with Crippen molar-refractivity contribution in [3.8, 4) is 23.1 Å². The molecule has 0 unspecified atom stereocenters. The highest BCUT2D eigenvalue weighted by molar-refractivity contribution is 5.89. The lowest BCUT2D eigenvalue weighted by Crippen LogP contribution is -2.13. The number of aromatic nitrogens is 1. The number of pyridine rings is 1. The van der Waals surface area contributed by atoms with Gasteiger partial charge in [0.2, 0.25) is 0 Å². The van der Waals surface area contributed by atoms with Crippen LogP contribution in [-0.2, 0) is 0 Å². The van der Waals surface area contributed by atoms with E-state index in [0.29, 0.717) is 23.1 Å². The molecule has 1 aliphatic carbocycles. The first kappa shape index (κ1) is 23.9. The van der Waals surface area contributed by atoms with E-state index in [-0.39, 0.29) is 5.39 Å². The Morgan fingerprint density at radius 1 is 1.00 bits per heavy atom. The minimum absolute atomic E-state index is 0.131. The van der Waals surface area contributed by atoms with Crippen LogP contribution in [0.1, 0.15) is 49.1 Å². The maximum atomic E-state index is 14.8. The highest BCUT2D eigenvalue weighted by Crippen LogP contribution is 2.37. The van der Waals surface area contributed by atoms with E-state index in [1.54, 1.807) is 12.3 Å². The second-order valence-corrected chi connectivity index (χ2v) is 8.57. The van der Waals surface area contributed by atoms with Gasteiger partial charge in [-0.15, -0.1) is 6.58 Å². The van der Waals surface area contributed by atoms with Gasteiger partial charge in [-0.05, 0) is 79.2 Å². The molecule has 0 saturated heterocycles. The van der Waals surface area contributed by atoms with Crippen LogP contribution >= 0.6 is 0 Å². The molecule has 1 aliphatic rings. The number of halogens is 6. The van der Waals surface area contributed by atoms with Crippen molar-refractivity contribution in [3.63, 3.8) is 0 Å². The van der Waals surface area contributed by atoms with Gasteiger partial charge in [-0.25, -0.2) is 13.2 Å². The van der Waals surface area contributed by atoms with Gasteiger partial charge in [-0.2, -0.15) is 13.2 Å². The fourth-order valence-electron chi connectivity index (χ4n) is 4.59. The van der Waals surface area contributed by atoms with Crippen molar-refractivity contribution < 1.29 is 26.3 Å². The van der Waals surface area contributed by atoms with Crippen LogP contribution in [-0.4, -0.2) is 11.2 Å². The van der Waals surface area contributed by atoms with Crippen molar-refractivity contribution in [3.05, 3.63) is 77.8 Å². The topological polar surface area (TPSA) is 12.9 Å². The summed E-state index contributed by atoms with van der Waals surface area (Å²) in [5.74, 6) is -0.492. The van der Waals surface area contributed by atoms with Gasteiger partial charge in [0.05, 0.1) is 16.6 Å². The quantitative estimate of drug-likeness (QED) is 0.212. The third-order valence-corrected chi connectivity index (χ3v) is 6.31. The molecule has 1 nitrogen and oxygen atoms in total. The van der Waals surface area contributed by atoms with Gasteiger partial charge in [0.25, 0.3) is 0 Å². The fraction of sp³-hybridized carbons (Fsp3) is 0.296. The van der Waals surface area contributed by atoms with Gasteiger partial charge < -0.3 is 0 Å². The number of hydrogen-bond donors (Lipinski definition) is 0. The zero-order valence-corrected chi connectivity index (χ0v) is 18.2. The number of hydrogen-bond acceptors (Lipinski definition) is 1. The Kier molecular flexibility index (Phi) is 6.70. The van der Waals surface area contributed by atoms with Gasteiger partial charge in [-0.1, -0.05) is 18.1 Å². The fourth-order valence-corrected chi connectivity index (χ4v) is 4.59. The molecule has 7 heteroatoms. The molecule has 0 bridgehead atoms. The van der Waals surface area contributed by atoms with Crippen molar-refractivity contribution in [2.24, 2.45) is 5.92 Å². The van der Waals surface area contributed by atoms with Crippen molar-refractivity contribution in [2.45, 2.75) is 44.2 Å². The first-order valence-electron chi connectivity index (χ1n) is 10.9. The summed E-state index contributed by atoms with van der Waals surface area (Å²) in [6.07, 6.45) is 4.16. The van der Waals surface area contributed by atoms with E-state index in [0.717, 1.165) is 55.7 Å². The molecule has 3 aromatic rings. The minimum Gasteiger partial charge on any atom is -0.256 e. The smallest absolute Gasteiger partial charge is 0.256 e. The van der Waals surface area contributed by atoms with Crippen molar-refractivity contribution in [1.29, 1.82) is 0 Å². The van der Waals surface area contributed by atoms with Crippen LogP contribution in [0.25, 0.3) is 22.0 Å². The maximum Gasteiger partial charge on any atom is 0.458 e. The number of allylic oxidation sites excluding steroid dienone is 1. The Balaban J connectivity index is 1.63. The van der Waals surface area contributed by atoms with Crippen LogP contribution < -0.4 is 0 Å². The Bertz CT molecular complexity index is 1270. The first-order chi connectivity index (χ1) is 16.2. The molecule has 4 rings (SSSR count). The zero-order valence-electron chi connectivity index (χ0n) is 18.2. The summed E-state index contributed by atoms with van der Waals surface area (Å²) in [7, 11) is 0. The van der Waals surface area contributed by atoms with E-state index in [2.05, 4.69) is 11.6 Å². The molecule has 1 fully saturated rings.